The number of benzene rings is 2. The summed E-state index contributed by atoms with van der Waals surface area (Å²) in [4.78, 5) is 25.2. The van der Waals surface area contributed by atoms with Gasteiger partial charge in [-0.05, 0) is 43.2 Å². The van der Waals surface area contributed by atoms with Gasteiger partial charge in [-0.15, -0.1) is 0 Å². The van der Waals surface area contributed by atoms with E-state index in [0.29, 0.717) is 43.4 Å². The first-order valence-electron chi connectivity index (χ1n) is 9.05. The van der Waals surface area contributed by atoms with Crippen LogP contribution in [0.1, 0.15) is 11.1 Å². The van der Waals surface area contributed by atoms with Gasteiger partial charge < -0.3 is 19.7 Å². The van der Waals surface area contributed by atoms with E-state index >= 15 is 0 Å². The highest BCUT2D eigenvalue weighted by atomic mass is 16.6. The Morgan fingerprint density at radius 2 is 2.00 bits per heavy atom. The second-order valence-corrected chi connectivity index (χ2v) is 6.59. The van der Waals surface area contributed by atoms with Crippen LogP contribution in [0.4, 0.5) is 17.1 Å². The topological polar surface area (TPSA) is 93.9 Å². The zero-order valence-corrected chi connectivity index (χ0v) is 15.9. The van der Waals surface area contributed by atoms with Crippen LogP contribution in [0.2, 0.25) is 0 Å². The molecule has 1 N–H and O–H groups in total. The predicted molar refractivity (Wildman–Crippen MR) is 106 cm³/mol. The molecule has 0 aliphatic carbocycles. The molecule has 0 spiro atoms. The summed E-state index contributed by atoms with van der Waals surface area (Å²) in [5.41, 5.74) is 2.89. The fraction of sp³-hybridized carbons (Fsp3) is 0.350. The van der Waals surface area contributed by atoms with Crippen LogP contribution in [0, 0.1) is 24.0 Å². The van der Waals surface area contributed by atoms with E-state index in [-0.39, 0.29) is 18.2 Å². The van der Waals surface area contributed by atoms with Gasteiger partial charge in [0, 0.05) is 24.8 Å². The van der Waals surface area contributed by atoms with Crippen LogP contribution in [-0.4, -0.2) is 43.7 Å². The number of nitro groups is 1. The molecule has 2 aromatic carbocycles. The molecule has 28 heavy (non-hydrogen) atoms. The highest BCUT2D eigenvalue weighted by molar-refractivity contribution is 5.92. The molecule has 0 radical (unpaired) electrons. The standard InChI is InChI=1S/C20H23N3O5/c1-14-4-3-5-19(15(14)2)28-13-20(24)21-16-6-7-17(18(12-16)23(25)26)22-8-10-27-11-9-22/h3-7,12H,8-11,13H2,1-2H3,(H,21,24). The number of nitrogens with one attached hydrogen (secondary N) is 1. The van der Waals surface area contributed by atoms with Gasteiger partial charge in [-0.25, -0.2) is 0 Å². The molecule has 1 aliphatic heterocycles. The molecule has 1 amide bonds. The number of amides is 1. The molecule has 0 saturated carbocycles. The number of morpholine rings is 1. The quantitative estimate of drug-likeness (QED) is 0.607. The van der Waals surface area contributed by atoms with Crippen molar-refractivity contribution in [1.29, 1.82) is 0 Å². The van der Waals surface area contributed by atoms with E-state index in [4.69, 9.17) is 9.47 Å². The Morgan fingerprint density at radius 3 is 2.71 bits per heavy atom. The van der Waals surface area contributed by atoms with Crippen LogP contribution in [-0.2, 0) is 9.53 Å². The fourth-order valence-electron chi connectivity index (χ4n) is 3.04. The molecule has 1 aliphatic rings. The maximum atomic E-state index is 12.2. The van der Waals surface area contributed by atoms with Gasteiger partial charge in [0.15, 0.2) is 6.61 Å². The Bertz CT molecular complexity index is 878. The minimum Gasteiger partial charge on any atom is -0.483 e. The van der Waals surface area contributed by atoms with Gasteiger partial charge in [-0.2, -0.15) is 0 Å². The van der Waals surface area contributed by atoms with Crippen LogP contribution in [0.25, 0.3) is 0 Å². The van der Waals surface area contributed by atoms with Crippen LogP contribution in [0.15, 0.2) is 36.4 Å². The number of hydrogen-bond donors (Lipinski definition) is 1. The Morgan fingerprint density at radius 1 is 1.25 bits per heavy atom. The first-order chi connectivity index (χ1) is 13.5. The lowest BCUT2D eigenvalue weighted by atomic mass is 10.1. The second kappa shape index (κ2) is 8.71. The summed E-state index contributed by atoms with van der Waals surface area (Å²) >= 11 is 0. The molecule has 8 heteroatoms. The summed E-state index contributed by atoms with van der Waals surface area (Å²) in [6, 6.07) is 10.3. The van der Waals surface area contributed by atoms with Crippen molar-refractivity contribution in [3.8, 4) is 5.75 Å². The summed E-state index contributed by atoms with van der Waals surface area (Å²) in [6.07, 6.45) is 0. The number of aryl methyl sites for hydroxylation is 1. The molecule has 0 bridgehead atoms. The normalized spacial score (nSPS) is 13.9. The monoisotopic (exact) mass is 385 g/mol. The van der Waals surface area contributed by atoms with Gasteiger partial charge in [0.05, 0.1) is 18.1 Å². The molecule has 1 heterocycles. The zero-order chi connectivity index (χ0) is 20.1. The lowest BCUT2D eigenvalue weighted by Crippen LogP contribution is -2.36. The van der Waals surface area contributed by atoms with Gasteiger partial charge in [0.25, 0.3) is 11.6 Å². The summed E-state index contributed by atoms with van der Waals surface area (Å²) in [5.74, 6) is 0.262. The third kappa shape index (κ3) is 4.58. The van der Waals surface area contributed by atoms with Crippen LogP contribution in [0.3, 0.4) is 0 Å². The third-order valence-electron chi connectivity index (χ3n) is 4.72. The van der Waals surface area contributed by atoms with E-state index < -0.39 is 4.92 Å². The Kier molecular flexibility index (Phi) is 6.10. The van der Waals surface area contributed by atoms with Crippen LogP contribution < -0.4 is 15.0 Å². The Balaban J connectivity index is 1.67. The van der Waals surface area contributed by atoms with Crippen molar-refractivity contribution in [2.75, 3.05) is 43.1 Å². The number of nitrogens with zero attached hydrogens (tertiary/aromatic N) is 2. The molecule has 0 atom stereocenters. The molecule has 1 fully saturated rings. The van der Waals surface area contributed by atoms with Crippen LogP contribution >= 0.6 is 0 Å². The summed E-state index contributed by atoms with van der Waals surface area (Å²) in [7, 11) is 0. The smallest absolute Gasteiger partial charge is 0.294 e. The van der Waals surface area contributed by atoms with Crippen molar-refractivity contribution in [3.63, 3.8) is 0 Å². The average molecular weight is 385 g/mol. The van der Waals surface area contributed by atoms with Crippen LogP contribution in [0.5, 0.6) is 5.75 Å². The largest absolute Gasteiger partial charge is 0.483 e. The highest BCUT2D eigenvalue weighted by Crippen LogP contribution is 2.31. The predicted octanol–water partition coefficient (Wildman–Crippen LogP) is 3.07. The molecule has 0 unspecified atom stereocenters. The van der Waals surface area contributed by atoms with Gasteiger partial charge in [-0.1, -0.05) is 12.1 Å². The number of rotatable bonds is 6. The molecule has 0 aromatic heterocycles. The van der Waals surface area contributed by atoms with E-state index in [1.165, 1.54) is 6.07 Å². The maximum absolute atomic E-state index is 12.2. The van der Waals surface area contributed by atoms with Crippen molar-refractivity contribution in [2.24, 2.45) is 0 Å². The molecule has 148 valence electrons. The number of hydrogen-bond acceptors (Lipinski definition) is 6. The Labute approximate surface area is 163 Å². The van der Waals surface area contributed by atoms with Crippen molar-refractivity contribution >= 4 is 23.0 Å². The van der Waals surface area contributed by atoms with E-state index in [1.54, 1.807) is 18.2 Å². The summed E-state index contributed by atoms with van der Waals surface area (Å²) < 4.78 is 10.9. The van der Waals surface area contributed by atoms with Crippen molar-refractivity contribution in [1.82, 2.24) is 0 Å². The number of carbonyl (C=O) groups is 1. The van der Waals surface area contributed by atoms with Gasteiger partial charge in [0.2, 0.25) is 0 Å². The minimum atomic E-state index is -0.437. The number of nitro benzene ring substituents is 1. The van der Waals surface area contributed by atoms with Gasteiger partial charge in [-0.3, -0.25) is 14.9 Å². The molecular weight excluding hydrogens is 362 g/mol. The zero-order valence-electron chi connectivity index (χ0n) is 15.9. The highest BCUT2D eigenvalue weighted by Gasteiger charge is 2.22. The molecule has 8 nitrogen and oxygen atoms in total. The minimum absolute atomic E-state index is 0.0462. The summed E-state index contributed by atoms with van der Waals surface area (Å²) in [6.45, 7) is 5.97. The SMILES string of the molecule is Cc1cccc(OCC(=O)Nc2ccc(N3CCOCC3)c([N+](=O)[O-])c2)c1C. The average Bonchev–Trinajstić information content (AvgIpc) is 2.69. The van der Waals surface area contributed by atoms with E-state index in [1.807, 2.05) is 30.9 Å². The lowest BCUT2D eigenvalue weighted by molar-refractivity contribution is -0.384. The molecule has 1 saturated heterocycles. The van der Waals surface area contributed by atoms with Gasteiger partial charge >= 0.3 is 0 Å². The first kappa shape index (κ1) is 19.6. The van der Waals surface area contributed by atoms with E-state index in [9.17, 15) is 14.9 Å². The van der Waals surface area contributed by atoms with Gasteiger partial charge in [0.1, 0.15) is 11.4 Å². The summed E-state index contributed by atoms with van der Waals surface area (Å²) in [5, 5.41) is 14.2. The number of ether oxygens (including phenoxy) is 2. The Hall–Kier alpha value is -3.13. The maximum Gasteiger partial charge on any atom is 0.294 e. The van der Waals surface area contributed by atoms with Crippen molar-refractivity contribution in [2.45, 2.75) is 13.8 Å². The fourth-order valence-corrected chi connectivity index (χ4v) is 3.04. The van der Waals surface area contributed by atoms with E-state index in [0.717, 1.165) is 11.1 Å². The number of anilines is 2. The van der Waals surface area contributed by atoms with Crippen molar-refractivity contribution in [3.05, 3.63) is 57.6 Å². The molecular formula is C20H23N3O5. The van der Waals surface area contributed by atoms with Crippen molar-refractivity contribution < 1.29 is 19.2 Å². The molecule has 3 rings (SSSR count). The number of carbonyl (C=O) groups excluding carboxylic acids is 1. The lowest BCUT2D eigenvalue weighted by Gasteiger charge is -2.28. The molecule has 2 aromatic rings. The first-order valence-corrected chi connectivity index (χ1v) is 9.05. The third-order valence-corrected chi connectivity index (χ3v) is 4.72. The second-order valence-electron chi connectivity index (χ2n) is 6.59. The van der Waals surface area contributed by atoms with E-state index in [2.05, 4.69) is 5.32 Å².